The maximum atomic E-state index is 14.1. The Labute approximate surface area is 183 Å². The third-order valence-corrected chi connectivity index (χ3v) is 5.80. The number of nitrogens with zero attached hydrogens (tertiary/aromatic N) is 1. The molecule has 2 aromatic rings. The van der Waals surface area contributed by atoms with Gasteiger partial charge in [0.1, 0.15) is 12.4 Å². The second-order valence-electron chi connectivity index (χ2n) is 8.29. The first kappa shape index (κ1) is 22.7. The number of cyclic esters (lactones) is 1. The van der Waals surface area contributed by atoms with Crippen molar-refractivity contribution in [3.63, 3.8) is 0 Å². The van der Waals surface area contributed by atoms with Crippen molar-refractivity contribution in [3.05, 3.63) is 83.2 Å². The lowest BCUT2D eigenvalue weighted by Crippen LogP contribution is -2.44. The molecular weight excluding hydrogens is 393 g/mol. The van der Waals surface area contributed by atoms with Crippen LogP contribution in [-0.2, 0) is 22.4 Å². The average Bonchev–Trinajstić information content (AvgIpc) is 3.11. The van der Waals surface area contributed by atoms with Crippen LogP contribution in [0.15, 0.2) is 55.1 Å². The molecule has 0 saturated carbocycles. The van der Waals surface area contributed by atoms with Gasteiger partial charge in [-0.05, 0) is 68.2 Å². The molecule has 5 heteroatoms. The van der Waals surface area contributed by atoms with Crippen LogP contribution in [0.2, 0.25) is 0 Å². The Kier molecular flexibility index (Phi) is 7.61. The number of benzene rings is 2. The molecule has 2 unspecified atom stereocenters. The summed E-state index contributed by atoms with van der Waals surface area (Å²) in [5.41, 5.74) is 3.08. The Morgan fingerprint density at radius 3 is 2.55 bits per heavy atom. The number of allylic oxidation sites excluding steroid dienone is 1. The summed E-state index contributed by atoms with van der Waals surface area (Å²) in [6, 6.07) is 13.0. The third-order valence-electron chi connectivity index (χ3n) is 5.80. The molecule has 2 aromatic carbocycles. The number of rotatable bonds is 9. The van der Waals surface area contributed by atoms with Crippen LogP contribution >= 0.6 is 0 Å². The van der Waals surface area contributed by atoms with E-state index in [2.05, 4.69) is 6.58 Å². The van der Waals surface area contributed by atoms with Crippen molar-refractivity contribution in [2.75, 3.05) is 6.61 Å². The van der Waals surface area contributed by atoms with Gasteiger partial charge in [0.05, 0.1) is 6.04 Å². The van der Waals surface area contributed by atoms with Crippen LogP contribution in [0.1, 0.15) is 41.5 Å². The molecule has 0 aliphatic carbocycles. The number of hydrogen-bond acceptors (Lipinski definition) is 3. The first-order valence-electron chi connectivity index (χ1n) is 10.8. The van der Waals surface area contributed by atoms with E-state index in [1.54, 1.807) is 26.0 Å². The average molecular weight is 424 g/mol. The number of carbonyl (C=O) groups is 2. The number of halogens is 1. The number of hydrogen-bond donors (Lipinski definition) is 0. The lowest BCUT2D eigenvalue weighted by Gasteiger charge is -2.25. The van der Waals surface area contributed by atoms with Crippen LogP contribution in [0, 0.1) is 25.6 Å². The van der Waals surface area contributed by atoms with Gasteiger partial charge in [-0.25, -0.2) is 14.1 Å². The molecule has 0 radical (unpaired) electrons. The number of amides is 2. The van der Waals surface area contributed by atoms with Gasteiger partial charge in [-0.15, -0.1) is 6.58 Å². The second-order valence-corrected chi connectivity index (χ2v) is 8.29. The minimum atomic E-state index is -0.578. The van der Waals surface area contributed by atoms with Gasteiger partial charge in [-0.1, -0.05) is 48.5 Å². The number of ether oxygens (including phenoxy) is 1. The van der Waals surface area contributed by atoms with Crippen LogP contribution in [0.25, 0.3) is 0 Å². The van der Waals surface area contributed by atoms with Crippen molar-refractivity contribution in [1.29, 1.82) is 0 Å². The van der Waals surface area contributed by atoms with Gasteiger partial charge >= 0.3 is 6.09 Å². The van der Waals surface area contributed by atoms with E-state index in [0.717, 1.165) is 24.0 Å². The fourth-order valence-electron chi connectivity index (χ4n) is 4.22. The molecule has 0 spiro atoms. The molecule has 1 heterocycles. The SMILES string of the molecule is C=CCCCC(Cc1cc(C)c(F)c(C)c1)C(=O)N1C(=O)OCC1Cc1ccccc1. The highest BCUT2D eigenvalue weighted by Gasteiger charge is 2.40. The molecule has 1 aliphatic heterocycles. The minimum Gasteiger partial charge on any atom is -0.447 e. The molecule has 2 atom stereocenters. The smallest absolute Gasteiger partial charge is 0.416 e. The summed E-state index contributed by atoms with van der Waals surface area (Å²) >= 11 is 0. The first-order valence-corrected chi connectivity index (χ1v) is 10.8. The van der Waals surface area contributed by atoms with Crippen molar-refractivity contribution in [2.24, 2.45) is 5.92 Å². The van der Waals surface area contributed by atoms with E-state index in [-0.39, 0.29) is 30.3 Å². The zero-order chi connectivity index (χ0) is 22.4. The van der Waals surface area contributed by atoms with Crippen molar-refractivity contribution in [2.45, 2.75) is 52.0 Å². The van der Waals surface area contributed by atoms with Crippen LogP contribution < -0.4 is 0 Å². The molecule has 4 nitrogen and oxygen atoms in total. The van der Waals surface area contributed by atoms with Gasteiger partial charge in [0, 0.05) is 5.92 Å². The summed E-state index contributed by atoms with van der Waals surface area (Å²) < 4.78 is 19.3. The lowest BCUT2D eigenvalue weighted by molar-refractivity contribution is -0.133. The maximum absolute atomic E-state index is 14.1. The molecule has 2 amide bonds. The van der Waals surface area contributed by atoms with Crippen LogP contribution in [-0.4, -0.2) is 29.5 Å². The van der Waals surface area contributed by atoms with Crippen LogP contribution in [0.5, 0.6) is 0 Å². The monoisotopic (exact) mass is 423 g/mol. The molecule has 31 heavy (non-hydrogen) atoms. The van der Waals surface area contributed by atoms with E-state index in [1.165, 1.54) is 4.90 Å². The summed E-state index contributed by atoms with van der Waals surface area (Å²) in [5.74, 6) is -0.815. The van der Waals surface area contributed by atoms with Gasteiger partial charge in [-0.2, -0.15) is 0 Å². The molecule has 3 rings (SSSR count). The van der Waals surface area contributed by atoms with Crippen LogP contribution in [0.4, 0.5) is 9.18 Å². The van der Waals surface area contributed by atoms with Crippen LogP contribution in [0.3, 0.4) is 0 Å². The molecular formula is C26H30FNO3. The van der Waals surface area contributed by atoms with Gasteiger partial charge in [0.25, 0.3) is 0 Å². The predicted octanol–water partition coefficient (Wildman–Crippen LogP) is 5.55. The zero-order valence-corrected chi connectivity index (χ0v) is 18.3. The first-order chi connectivity index (χ1) is 14.9. The molecule has 164 valence electrons. The summed E-state index contributed by atoms with van der Waals surface area (Å²) in [5, 5.41) is 0. The molecule has 1 fully saturated rings. The quantitative estimate of drug-likeness (QED) is 0.393. The topological polar surface area (TPSA) is 46.6 Å². The van der Waals surface area contributed by atoms with Crippen molar-refractivity contribution < 1.29 is 18.7 Å². The number of imide groups is 1. The Bertz CT molecular complexity index is 918. The fourth-order valence-corrected chi connectivity index (χ4v) is 4.22. The van der Waals surface area contributed by atoms with E-state index in [4.69, 9.17) is 4.74 Å². The number of aryl methyl sites for hydroxylation is 2. The number of carbonyl (C=O) groups excluding carboxylic acids is 2. The van der Waals surface area contributed by atoms with E-state index >= 15 is 0 Å². The Balaban J connectivity index is 1.82. The standard InChI is InChI=1S/C26H30FNO3/c1-4-5-7-12-22(15-21-13-18(2)24(27)19(3)14-21)25(29)28-23(17-31-26(28)30)16-20-10-8-6-9-11-20/h4,6,8-11,13-14,22-23H,1,5,7,12,15-17H2,2-3H3. The third kappa shape index (κ3) is 5.60. The van der Waals surface area contributed by atoms with Crippen molar-refractivity contribution in [1.82, 2.24) is 4.90 Å². The van der Waals surface area contributed by atoms with Gasteiger partial charge < -0.3 is 4.74 Å². The lowest BCUT2D eigenvalue weighted by atomic mass is 9.90. The largest absolute Gasteiger partial charge is 0.447 e. The van der Waals surface area contributed by atoms with Crippen molar-refractivity contribution >= 4 is 12.0 Å². The zero-order valence-electron chi connectivity index (χ0n) is 18.3. The molecule has 1 saturated heterocycles. The fraction of sp³-hybridized carbons (Fsp3) is 0.385. The number of unbranched alkanes of at least 4 members (excludes halogenated alkanes) is 1. The van der Waals surface area contributed by atoms with E-state index in [0.29, 0.717) is 30.4 Å². The Hall–Kier alpha value is -2.95. The highest BCUT2D eigenvalue weighted by molar-refractivity contribution is 5.95. The molecule has 0 N–H and O–H groups in total. The van der Waals surface area contributed by atoms with Gasteiger partial charge in [-0.3, -0.25) is 4.79 Å². The Morgan fingerprint density at radius 1 is 1.23 bits per heavy atom. The minimum absolute atomic E-state index is 0.202. The van der Waals surface area contributed by atoms with E-state index < -0.39 is 6.09 Å². The Morgan fingerprint density at radius 2 is 1.90 bits per heavy atom. The highest BCUT2D eigenvalue weighted by Crippen LogP contribution is 2.26. The summed E-state index contributed by atoms with van der Waals surface area (Å²) in [6.45, 7) is 7.42. The summed E-state index contributed by atoms with van der Waals surface area (Å²) in [7, 11) is 0. The maximum Gasteiger partial charge on any atom is 0.416 e. The van der Waals surface area contributed by atoms with Gasteiger partial charge in [0.2, 0.25) is 5.91 Å². The molecule has 0 aromatic heterocycles. The van der Waals surface area contributed by atoms with E-state index in [9.17, 15) is 14.0 Å². The summed E-state index contributed by atoms with van der Waals surface area (Å²) in [6.07, 6.45) is 4.49. The van der Waals surface area contributed by atoms with E-state index in [1.807, 2.05) is 36.4 Å². The highest BCUT2D eigenvalue weighted by atomic mass is 19.1. The molecule has 1 aliphatic rings. The second kappa shape index (κ2) is 10.4. The summed E-state index contributed by atoms with van der Waals surface area (Å²) in [4.78, 5) is 27.3. The predicted molar refractivity (Wildman–Crippen MR) is 119 cm³/mol. The van der Waals surface area contributed by atoms with Crippen molar-refractivity contribution in [3.8, 4) is 0 Å². The normalized spacial score (nSPS) is 16.8. The van der Waals surface area contributed by atoms with Gasteiger partial charge in [0.15, 0.2) is 0 Å². The molecule has 0 bridgehead atoms.